The van der Waals surface area contributed by atoms with Crippen molar-refractivity contribution >= 4 is 29.1 Å². The molecule has 0 unspecified atom stereocenters. The molecule has 1 aliphatic heterocycles. The number of rotatable bonds is 6. The molecule has 0 atom stereocenters. The third kappa shape index (κ3) is 8.32. The Morgan fingerprint density at radius 1 is 0.943 bits per heavy atom. The van der Waals surface area contributed by atoms with Crippen molar-refractivity contribution in [3.8, 4) is 0 Å². The number of benzene rings is 2. The lowest BCUT2D eigenvalue weighted by molar-refractivity contribution is -0.132. The summed E-state index contributed by atoms with van der Waals surface area (Å²) in [6.45, 7) is 4.58. The smallest absolute Gasteiger partial charge is 0.252 e. The SMILES string of the molecule is COCC(=O)N1CCCN(Cc2ccc(Cl)cc2)CCCN(C(=O)CN(C)C)Cc2ccccc21. The number of carbonyl (C=O) groups excluding carboxylic acids is 2. The van der Waals surface area contributed by atoms with Crippen LogP contribution in [-0.4, -0.2) is 87.0 Å². The number of hydrogen-bond donors (Lipinski definition) is 0. The van der Waals surface area contributed by atoms with Crippen LogP contribution >= 0.6 is 11.6 Å². The monoisotopic (exact) mass is 500 g/mol. The predicted molar refractivity (Wildman–Crippen MR) is 141 cm³/mol. The van der Waals surface area contributed by atoms with Gasteiger partial charge in [-0.15, -0.1) is 0 Å². The van der Waals surface area contributed by atoms with Gasteiger partial charge in [-0.05, 0) is 56.3 Å². The Kier molecular flexibility index (Phi) is 10.5. The van der Waals surface area contributed by atoms with Crippen LogP contribution in [0.15, 0.2) is 48.5 Å². The van der Waals surface area contributed by atoms with Crippen LogP contribution in [0.2, 0.25) is 5.02 Å². The second-order valence-corrected chi connectivity index (χ2v) is 9.71. The van der Waals surface area contributed by atoms with Crippen LogP contribution in [-0.2, 0) is 27.4 Å². The molecule has 8 heteroatoms. The number of nitrogens with zero attached hydrogens (tertiary/aromatic N) is 4. The molecule has 35 heavy (non-hydrogen) atoms. The Labute approximate surface area is 214 Å². The van der Waals surface area contributed by atoms with Gasteiger partial charge in [0.05, 0.1) is 6.54 Å². The number of carbonyl (C=O) groups is 2. The summed E-state index contributed by atoms with van der Waals surface area (Å²) in [5.74, 6) is 0.00769. The zero-order valence-electron chi connectivity index (χ0n) is 21.1. The van der Waals surface area contributed by atoms with E-state index in [2.05, 4.69) is 17.0 Å². The van der Waals surface area contributed by atoms with E-state index in [4.69, 9.17) is 16.3 Å². The van der Waals surface area contributed by atoms with E-state index in [0.29, 0.717) is 26.2 Å². The van der Waals surface area contributed by atoms with Crippen LogP contribution < -0.4 is 4.90 Å². The zero-order valence-corrected chi connectivity index (χ0v) is 21.8. The maximum absolute atomic E-state index is 13.1. The van der Waals surface area contributed by atoms with E-state index in [1.54, 1.807) is 0 Å². The second-order valence-electron chi connectivity index (χ2n) is 9.27. The van der Waals surface area contributed by atoms with E-state index in [0.717, 1.165) is 48.7 Å². The van der Waals surface area contributed by atoms with Crippen LogP contribution in [0.3, 0.4) is 0 Å². The Morgan fingerprint density at radius 3 is 2.31 bits per heavy atom. The number of likely N-dealkylation sites (N-methyl/N-ethyl adjacent to an activating group) is 1. The molecule has 2 amide bonds. The van der Waals surface area contributed by atoms with Crippen molar-refractivity contribution in [3.05, 3.63) is 64.7 Å². The van der Waals surface area contributed by atoms with Crippen molar-refractivity contribution in [1.82, 2.24) is 14.7 Å². The van der Waals surface area contributed by atoms with Gasteiger partial charge in [-0.1, -0.05) is 41.9 Å². The van der Waals surface area contributed by atoms with Gasteiger partial charge in [0.1, 0.15) is 6.61 Å². The summed E-state index contributed by atoms with van der Waals surface area (Å²) < 4.78 is 5.17. The van der Waals surface area contributed by atoms with Crippen molar-refractivity contribution in [3.63, 3.8) is 0 Å². The average Bonchev–Trinajstić information content (AvgIpc) is 2.81. The molecule has 0 aliphatic carbocycles. The maximum atomic E-state index is 13.1. The van der Waals surface area contributed by atoms with E-state index < -0.39 is 0 Å². The minimum absolute atomic E-state index is 0.0199. The van der Waals surface area contributed by atoms with Gasteiger partial charge in [-0.3, -0.25) is 14.5 Å². The number of fused-ring (bicyclic) bond motifs is 1. The highest BCUT2D eigenvalue weighted by molar-refractivity contribution is 6.30. The van der Waals surface area contributed by atoms with Crippen molar-refractivity contribution in [2.75, 3.05) is 65.4 Å². The van der Waals surface area contributed by atoms with Crippen LogP contribution in [0.5, 0.6) is 0 Å². The van der Waals surface area contributed by atoms with Crippen molar-refractivity contribution in [1.29, 1.82) is 0 Å². The Bertz CT molecular complexity index is 967. The molecule has 2 aromatic carbocycles. The Balaban J connectivity index is 1.88. The molecule has 0 bridgehead atoms. The third-order valence-corrected chi connectivity index (χ3v) is 6.35. The molecule has 7 nitrogen and oxygen atoms in total. The average molecular weight is 501 g/mol. The van der Waals surface area contributed by atoms with Gasteiger partial charge in [-0.2, -0.15) is 0 Å². The van der Waals surface area contributed by atoms with Crippen LogP contribution in [0.4, 0.5) is 5.69 Å². The molecular weight excluding hydrogens is 464 g/mol. The molecule has 0 saturated carbocycles. The summed E-state index contributed by atoms with van der Waals surface area (Å²) >= 11 is 6.07. The Morgan fingerprint density at radius 2 is 1.63 bits per heavy atom. The van der Waals surface area contributed by atoms with Crippen LogP contribution in [0.1, 0.15) is 24.0 Å². The molecule has 0 N–H and O–H groups in total. The first kappa shape index (κ1) is 27.1. The van der Waals surface area contributed by atoms with Gasteiger partial charge < -0.3 is 19.4 Å². The molecule has 2 aromatic rings. The normalized spacial score (nSPS) is 15.9. The second kappa shape index (κ2) is 13.6. The number of ether oxygens (including phenoxy) is 1. The summed E-state index contributed by atoms with van der Waals surface area (Å²) in [6, 6.07) is 15.8. The lowest BCUT2D eigenvalue weighted by Crippen LogP contribution is -2.41. The van der Waals surface area contributed by atoms with Gasteiger partial charge in [0.25, 0.3) is 5.91 Å². The first-order valence-corrected chi connectivity index (χ1v) is 12.5. The molecule has 1 heterocycles. The number of hydrogen-bond acceptors (Lipinski definition) is 5. The maximum Gasteiger partial charge on any atom is 0.252 e. The number of para-hydroxylation sites is 1. The Hall–Kier alpha value is -2.45. The lowest BCUT2D eigenvalue weighted by atomic mass is 10.1. The quantitative estimate of drug-likeness (QED) is 0.607. The molecule has 190 valence electrons. The largest absolute Gasteiger partial charge is 0.375 e. The van der Waals surface area contributed by atoms with Gasteiger partial charge in [0, 0.05) is 57.1 Å². The fourth-order valence-corrected chi connectivity index (χ4v) is 4.54. The number of amides is 2. The van der Waals surface area contributed by atoms with E-state index in [-0.39, 0.29) is 18.4 Å². The van der Waals surface area contributed by atoms with Gasteiger partial charge in [0.15, 0.2) is 0 Å². The van der Waals surface area contributed by atoms with Crippen molar-refractivity contribution in [2.45, 2.75) is 25.9 Å². The van der Waals surface area contributed by atoms with Gasteiger partial charge in [0.2, 0.25) is 5.91 Å². The fraction of sp³-hybridized carbons (Fsp3) is 0.481. The lowest BCUT2D eigenvalue weighted by Gasteiger charge is -2.32. The topological polar surface area (TPSA) is 56.3 Å². The highest BCUT2D eigenvalue weighted by Crippen LogP contribution is 2.24. The third-order valence-electron chi connectivity index (χ3n) is 6.09. The summed E-state index contributed by atoms with van der Waals surface area (Å²) in [7, 11) is 5.35. The molecule has 0 aromatic heterocycles. The van der Waals surface area contributed by atoms with Crippen molar-refractivity contribution < 1.29 is 14.3 Å². The number of methoxy groups -OCH3 is 1. The molecule has 3 rings (SSSR count). The van der Waals surface area contributed by atoms with Crippen LogP contribution in [0.25, 0.3) is 0 Å². The van der Waals surface area contributed by atoms with Crippen molar-refractivity contribution in [2.24, 2.45) is 0 Å². The van der Waals surface area contributed by atoms with Gasteiger partial charge >= 0.3 is 0 Å². The highest BCUT2D eigenvalue weighted by atomic mass is 35.5. The molecule has 1 aliphatic rings. The number of anilines is 1. The molecule has 0 spiro atoms. The summed E-state index contributed by atoms with van der Waals surface area (Å²) in [5.41, 5.74) is 3.02. The predicted octanol–water partition coefficient (Wildman–Crippen LogP) is 3.51. The van der Waals surface area contributed by atoms with Gasteiger partial charge in [-0.25, -0.2) is 0 Å². The summed E-state index contributed by atoms with van der Waals surface area (Å²) in [5, 5.41) is 0.725. The van der Waals surface area contributed by atoms with E-state index in [1.807, 2.05) is 65.2 Å². The summed E-state index contributed by atoms with van der Waals surface area (Å²) in [6.07, 6.45) is 1.71. The van der Waals surface area contributed by atoms with E-state index in [1.165, 1.54) is 12.7 Å². The number of halogens is 1. The highest BCUT2D eigenvalue weighted by Gasteiger charge is 2.23. The standard InChI is InChI=1S/C27H37ClN4O3/c1-29(2)20-26(33)31-16-6-14-30(18-22-10-12-24(28)13-11-22)15-7-17-32(27(34)21-35-3)25-9-5-4-8-23(25)19-31/h4-5,8-13H,6-7,14-21H2,1-3H3. The molecule has 0 radical (unpaired) electrons. The zero-order chi connectivity index (χ0) is 25.2. The molecular formula is C27H37ClN4O3. The molecule has 0 saturated heterocycles. The first-order chi connectivity index (χ1) is 16.9. The minimum Gasteiger partial charge on any atom is -0.375 e. The first-order valence-electron chi connectivity index (χ1n) is 12.1. The van der Waals surface area contributed by atoms with E-state index >= 15 is 0 Å². The summed E-state index contributed by atoms with van der Waals surface area (Å²) in [4.78, 5) is 34.2. The fourth-order valence-electron chi connectivity index (χ4n) is 4.41. The van der Waals surface area contributed by atoms with E-state index in [9.17, 15) is 9.59 Å². The van der Waals surface area contributed by atoms with Crippen LogP contribution in [0, 0.1) is 0 Å². The molecule has 0 fully saturated rings. The minimum atomic E-state index is -0.0765.